The van der Waals surface area contributed by atoms with Crippen LogP contribution in [-0.4, -0.2) is 47.8 Å². The highest BCUT2D eigenvalue weighted by molar-refractivity contribution is 5.95. The molecule has 0 saturated carbocycles. The third kappa shape index (κ3) is 2.07. The number of carbonyl (C=O) groups excluding carboxylic acids is 2. The maximum absolute atomic E-state index is 12.7. The fourth-order valence-corrected chi connectivity index (χ4v) is 3.58. The van der Waals surface area contributed by atoms with E-state index in [1.54, 1.807) is 17.0 Å². The number of carbonyl (C=O) groups is 2. The zero-order chi connectivity index (χ0) is 15.0. The van der Waals surface area contributed by atoms with Crippen molar-refractivity contribution in [3.05, 3.63) is 36.8 Å². The van der Waals surface area contributed by atoms with Gasteiger partial charge in [-0.3, -0.25) is 9.59 Å². The fourth-order valence-electron chi connectivity index (χ4n) is 3.58. The molecule has 2 fully saturated rings. The van der Waals surface area contributed by atoms with E-state index in [9.17, 15) is 9.59 Å². The summed E-state index contributed by atoms with van der Waals surface area (Å²) in [5.74, 6) is 0.288. The molecule has 5 nitrogen and oxygen atoms in total. The summed E-state index contributed by atoms with van der Waals surface area (Å²) < 4.78 is 4.98. The van der Waals surface area contributed by atoms with Gasteiger partial charge in [-0.1, -0.05) is 13.0 Å². The van der Waals surface area contributed by atoms with Crippen molar-refractivity contribution in [2.75, 3.05) is 26.2 Å². The van der Waals surface area contributed by atoms with E-state index in [0.717, 1.165) is 13.0 Å². The first-order chi connectivity index (χ1) is 10.1. The Morgan fingerprint density at radius 1 is 1.62 bits per heavy atom. The van der Waals surface area contributed by atoms with Gasteiger partial charge in [-0.25, -0.2) is 0 Å². The highest BCUT2D eigenvalue weighted by Gasteiger charge is 2.55. The molecule has 3 rings (SSSR count). The Hall–Kier alpha value is -2.04. The summed E-state index contributed by atoms with van der Waals surface area (Å²) in [5.41, 5.74) is 0.134. The van der Waals surface area contributed by atoms with Gasteiger partial charge in [0.05, 0.1) is 17.2 Å². The van der Waals surface area contributed by atoms with Crippen molar-refractivity contribution in [3.63, 3.8) is 0 Å². The number of amides is 2. The van der Waals surface area contributed by atoms with Crippen LogP contribution in [0.5, 0.6) is 0 Å². The van der Waals surface area contributed by atoms with Crippen molar-refractivity contribution in [1.82, 2.24) is 9.80 Å². The summed E-state index contributed by atoms with van der Waals surface area (Å²) in [6.07, 6.45) is 5.52. The second-order valence-electron chi connectivity index (χ2n) is 6.04. The molecule has 5 heteroatoms. The van der Waals surface area contributed by atoms with Crippen molar-refractivity contribution < 1.29 is 14.0 Å². The molecule has 0 unspecified atom stereocenters. The molecule has 0 N–H and O–H groups in total. The van der Waals surface area contributed by atoms with Gasteiger partial charge in [0, 0.05) is 26.2 Å². The quantitative estimate of drug-likeness (QED) is 0.797. The van der Waals surface area contributed by atoms with Crippen molar-refractivity contribution in [2.24, 2.45) is 11.3 Å². The smallest absolute Gasteiger partial charge is 0.257 e. The van der Waals surface area contributed by atoms with E-state index >= 15 is 0 Å². The van der Waals surface area contributed by atoms with Crippen LogP contribution in [0.1, 0.15) is 23.7 Å². The molecule has 0 radical (unpaired) electrons. The fraction of sp³-hybridized carbons (Fsp3) is 0.500. The van der Waals surface area contributed by atoms with Crippen LogP contribution in [0.15, 0.2) is 35.7 Å². The van der Waals surface area contributed by atoms with Crippen LogP contribution in [0, 0.1) is 11.3 Å². The topological polar surface area (TPSA) is 53.8 Å². The number of hydrogen-bond acceptors (Lipinski definition) is 3. The Morgan fingerprint density at radius 3 is 3.10 bits per heavy atom. The first-order valence-electron chi connectivity index (χ1n) is 7.30. The zero-order valence-electron chi connectivity index (χ0n) is 12.2. The third-order valence-corrected chi connectivity index (χ3v) is 4.86. The summed E-state index contributed by atoms with van der Waals surface area (Å²) in [7, 11) is 0. The minimum absolute atomic E-state index is 0.0533. The van der Waals surface area contributed by atoms with Crippen LogP contribution < -0.4 is 0 Å². The zero-order valence-corrected chi connectivity index (χ0v) is 12.2. The molecule has 2 saturated heterocycles. The number of furan rings is 1. The second kappa shape index (κ2) is 5.06. The molecule has 1 spiro atoms. The molecule has 2 atom stereocenters. The summed E-state index contributed by atoms with van der Waals surface area (Å²) in [4.78, 5) is 28.8. The SMILES string of the molecule is C=CCN1CC[C@]2(CN(C(=O)c3ccoc3)C[C@H]2C)C1=O. The molecule has 21 heavy (non-hydrogen) atoms. The van der Waals surface area contributed by atoms with E-state index < -0.39 is 5.41 Å². The number of likely N-dealkylation sites (tertiary alicyclic amines) is 2. The van der Waals surface area contributed by atoms with Crippen molar-refractivity contribution in [2.45, 2.75) is 13.3 Å². The Bertz CT molecular complexity index is 566. The van der Waals surface area contributed by atoms with Crippen LogP contribution in [0.3, 0.4) is 0 Å². The van der Waals surface area contributed by atoms with Crippen molar-refractivity contribution >= 4 is 11.8 Å². The number of rotatable bonds is 3. The standard InChI is InChI=1S/C16H20N2O3/c1-3-6-17-7-5-16(15(17)20)11-18(9-12(16)2)14(19)13-4-8-21-10-13/h3-4,8,10,12H,1,5-7,9,11H2,2H3/t12-,16-/m1/s1. The summed E-state index contributed by atoms with van der Waals surface area (Å²) >= 11 is 0. The van der Waals surface area contributed by atoms with Crippen LogP contribution in [-0.2, 0) is 4.79 Å². The van der Waals surface area contributed by atoms with Gasteiger partial charge in [-0.15, -0.1) is 6.58 Å². The summed E-state index contributed by atoms with van der Waals surface area (Å²) in [6, 6.07) is 1.67. The van der Waals surface area contributed by atoms with E-state index in [-0.39, 0.29) is 17.7 Å². The van der Waals surface area contributed by atoms with Crippen LogP contribution in [0.2, 0.25) is 0 Å². The van der Waals surface area contributed by atoms with Gasteiger partial charge in [0.25, 0.3) is 5.91 Å². The highest BCUT2D eigenvalue weighted by Crippen LogP contribution is 2.44. The van der Waals surface area contributed by atoms with E-state index in [1.165, 1.54) is 12.5 Å². The van der Waals surface area contributed by atoms with Gasteiger partial charge < -0.3 is 14.2 Å². The number of nitrogens with zero attached hydrogens (tertiary/aromatic N) is 2. The van der Waals surface area contributed by atoms with Crippen LogP contribution in [0.25, 0.3) is 0 Å². The molecule has 112 valence electrons. The molecule has 0 aromatic carbocycles. The van der Waals surface area contributed by atoms with Gasteiger partial charge in [0.15, 0.2) is 0 Å². The molecule has 3 heterocycles. The van der Waals surface area contributed by atoms with Crippen molar-refractivity contribution in [1.29, 1.82) is 0 Å². The maximum Gasteiger partial charge on any atom is 0.257 e. The Balaban J connectivity index is 1.79. The van der Waals surface area contributed by atoms with Gasteiger partial charge in [-0.2, -0.15) is 0 Å². The monoisotopic (exact) mass is 288 g/mol. The van der Waals surface area contributed by atoms with Gasteiger partial charge >= 0.3 is 0 Å². The predicted molar refractivity (Wildman–Crippen MR) is 77.6 cm³/mol. The first kappa shape index (κ1) is 13.9. The third-order valence-electron chi connectivity index (χ3n) is 4.86. The first-order valence-corrected chi connectivity index (χ1v) is 7.30. The molecular formula is C16H20N2O3. The molecule has 2 aliphatic rings. The van der Waals surface area contributed by atoms with E-state index in [1.807, 2.05) is 4.90 Å². The van der Waals surface area contributed by atoms with E-state index in [0.29, 0.717) is 25.2 Å². The van der Waals surface area contributed by atoms with Gasteiger partial charge in [0.1, 0.15) is 6.26 Å². The van der Waals surface area contributed by atoms with Gasteiger partial charge in [0.2, 0.25) is 5.91 Å². The lowest BCUT2D eigenvalue weighted by molar-refractivity contribution is -0.136. The molecule has 0 aliphatic carbocycles. The van der Waals surface area contributed by atoms with E-state index in [4.69, 9.17) is 4.42 Å². The Kier molecular flexibility index (Phi) is 3.35. The Labute approximate surface area is 124 Å². The minimum atomic E-state index is -0.414. The highest BCUT2D eigenvalue weighted by atomic mass is 16.3. The average Bonchev–Trinajstić information content (AvgIpc) is 3.16. The minimum Gasteiger partial charge on any atom is -0.472 e. The van der Waals surface area contributed by atoms with Crippen LogP contribution in [0.4, 0.5) is 0 Å². The molecule has 1 aromatic heterocycles. The lowest BCUT2D eigenvalue weighted by Crippen LogP contribution is -2.40. The largest absolute Gasteiger partial charge is 0.472 e. The van der Waals surface area contributed by atoms with Crippen molar-refractivity contribution in [3.8, 4) is 0 Å². The molecule has 2 amide bonds. The average molecular weight is 288 g/mol. The Morgan fingerprint density at radius 2 is 2.43 bits per heavy atom. The maximum atomic E-state index is 12.7. The number of hydrogen-bond donors (Lipinski definition) is 0. The summed E-state index contributed by atoms with van der Waals surface area (Å²) in [6.45, 7) is 8.23. The van der Waals surface area contributed by atoms with Gasteiger partial charge in [-0.05, 0) is 18.4 Å². The lowest BCUT2D eigenvalue weighted by atomic mass is 9.78. The molecular weight excluding hydrogens is 268 g/mol. The predicted octanol–water partition coefficient (Wildman–Crippen LogP) is 1.78. The molecule has 2 aliphatic heterocycles. The van der Waals surface area contributed by atoms with Crippen LogP contribution >= 0.6 is 0 Å². The second-order valence-corrected chi connectivity index (χ2v) is 6.04. The summed E-state index contributed by atoms with van der Waals surface area (Å²) in [5, 5.41) is 0. The lowest BCUT2D eigenvalue weighted by Gasteiger charge is -2.26. The molecule has 0 bridgehead atoms. The normalized spacial score (nSPS) is 28.6. The molecule has 1 aromatic rings. The van der Waals surface area contributed by atoms with E-state index in [2.05, 4.69) is 13.5 Å².